The number of rotatable bonds is 8. The molecule has 0 fully saturated rings. The molecule has 24 heavy (non-hydrogen) atoms. The summed E-state index contributed by atoms with van der Waals surface area (Å²) in [5.74, 6) is -0.000908. The van der Waals surface area contributed by atoms with Crippen molar-refractivity contribution < 1.29 is 4.79 Å². The number of amides is 1. The fourth-order valence-corrected chi connectivity index (χ4v) is 2.33. The van der Waals surface area contributed by atoms with Crippen LogP contribution in [-0.2, 0) is 4.79 Å². The molecular weight excluding hydrogens is 302 g/mol. The van der Waals surface area contributed by atoms with Gasteiger partial charge in [-0.15, -0.1) is 0 Å². The Kier molecular flexibility index (Phi) is 6.68. The zero-order chi connectivity index (χ0) is 17.2. The van der Waals surface area contributed by atoms with Crippen LogP contribution in [0.25, 0.3) is 21.6 Å². The summed E-state index contributed by atoms with van der Waals surface area (Å²) in [6, 6.07) is 15.4. The monoisotopic (exact) mass is 323 g/mol. The highest BCUT2D eigenvalue weighted by Gasteiger charge is 2.03. The summed E-state index contributed by atoms with van der Waals surface area (Å²) in [5.41, 5.74) is 17.5. The minimum Gasteiger partial charge on any atom is -0.399 e. The van der Waals surface area contributed by atoms with E-state index in [1.165, 1.54) is 0 Å². The van der Waals surface area contributed by atoms with Crippen LogP contribution in [0.2, 0.25) is 0 Å². The number of hydrogen-bond donors (Lipinski definition) is 2. The highest BCUT2D eigenvalue weighted by atomic mass is 16.1. The summed E-state index contributed by atoms with van der Waals surface area (Å²) in [6.45, 7) is 0.491. The summed E-state index contributed by atoms with van der Waals surface area (Å²) in [4.78, 5) is 14.6. The molecule has 0 aromatic heterocycles. The number of azide groups is 1. The van der Waals surface area contributed by atoms with E-state index < -0.39 is 0 Å². The Morgan fingerprint density at radius 1 is 1.00 bits per heavy atom. The number of nitrogens with two attached hydrogens (primary N) is 1. The Hall–Kier alpha value is -2.98. The third-order valence-corrected chi connectivity index (χ3v) is 3.64. The second-order valence-corrected chi connectivity index (χ2v) is 5.51. The van der Waals surface area contributed by atoms with E-state index in [0.29, 0.717) is 13.0 Å². The van der Waals surface area contributed by atoms with Gasteiger partial charge in [0.1, 0.15) is 0 Å². The smallest absolute Gasteiger partial charge is 0.224 e. The largest absolute Gasteiger partial charge is 0.399 e. The van der Waals surface area contributed by atoms with Crippen LogP contribution in [0.5, 0.6) is 0 Å². The van der Waals surface area contributed by atoms with Crippen molar-refractivity contribution >= 4 is 17.3 Å². The molecule has 3 N–H and O–H groups in total. The first-order valence-electron chi connectivity index (χ1n) is 7.96. The second-order valence-electron chi connectivity index (χ2n) is 5.51. The number of nitrogen functional groups attached to an aromatic ring is 1. The number of nitrogens with one attached hydrogen (secondary N) is 1. The first-order chi connectivity index (χ1) is 11.7. The average Bonchev–Trinajstić information content (AvgIpc) is 2.59. The average molecular weight is 323 g/mol. The lowest BCUT2D eigenvalue weighted by Crippen LogP contribution is -2.10. The molecule has 0 aliphatic carbocycles. The number of nitrogens with zero attached hydrogens (tertiary/aromatic N) is 3. The Labute approximate surface area is 141 Å². The van der Waals surface area contributed by atoms with Gasteiger partial charge in [0.15, 0.2) is 0 Å². The molecule has 0 aliphatic rings. The van der Waals surface area contributed by atoms with Crippen molar-refractivity contribution in [2.75, 3.05) is 17.6 Å². The number of unbranched alkanes of at least 4 members (excludes halogenated alkanes) is 2. The molecule has 0 unspecified atom stereocenters. The topological polar surface area (TPSA) is 104 Å². The summed E-state index contributed by atoms with van der Waals surface area (Å²) < 4.78 is 0. The zero-order valence-electron chi connectivity index (χ0n) is 13.5. The zero-order valence-corrected chi connectivity index (χ0v) is 13.5. The minimum absolute atomic E-state index is 0.000908. The van der Waals surface area contributed by atoms with Crippen LogP contribution < -0.4 is 11.1 Å². The third-order valence-electron chi connectivity index (χ3n) is 3.64. The standard InChI is InChI=1S/C18H21N5O/c19-16-9-5-14(6-10-16)15-7-11-17(12-8-15)22-18(24)4-2-1-3-13-21-23-20/h5-12H,1-4,13,19H2,(H,22,24). The molecule has 0 heterocycles. The van der Waals surface area contributed by atoms with Crippen molar-refractivity contribution in [2.24, 2.45) is 5.11 Å². The Bertz CT molecular complexity index is 703. The number of carbonyl (C=O) groups excluding carboxylic acids is 1. The predicted octanol–water partition coefficient (Wildman–Crippen LogP) is 4.75. The van der Waals surface area contributed by atoms with Gasteiger partial charge in [-0.05, 0) is 53.8 Å². The molecule has 0 bridgehead atoms. The second kappa shape index (κ2) is 9.22. The van der Waals surface area contributed by atoms with Gasteiger partial charge in [0, 0.05) is 29.3 Å². The molecule has 0 radical (unpaired) electrons. The lowest BCUT2D eigenvalue weighted by atomic mass is 10.1. The summed E-state index contributed by atoms with van der Waals surface area (Å²) in [5, 5.41) is 6.36. The highest BCUT2D eigenvalue weighted by Crippen LogP contribution is 2.22. The molecule has 2 rings (SSSR count). The van der Waals surface area contributed by atoms with Crippen molar-refractivity contribution in [2.45, 2.75) is 25.7 Å². The summed E-state index contributed by atoms with van der Waals surface area (Å²) in [7, 11) is 0. The van der Waals surface area contributed by atoms with E-state index >= 15 is 0 Å². The van der Waals surface area contributed by atoms with E-state index in [9.17, 15) is 4.79 Å². The van der Waals surface area contributed by atoms with Crippen LogP contribution in [-0.4, -0.2) is 12.5 Å². The van der Waals surface area contributed by atoms with Crippen molar-refractivity contribution in [3.8, 4) is 11.1 Å². The van der Waals surface area contributed by atoms with E-state index in [1.807, 2.05) is 48.5 Å². The Morgan fingerprint density at radius 3 is 2.25 bits per heavy atom. The van der Waals surface area contributed by atoms with Gasteiger partial charge in [-0.2, -0.15) is 0 Å². The normalized spacial score (nSPS) is 10.0. The number of carbonyl (C=O) groups is 1. The fourth-order valence-electron chi connectivity index (χ4n) is 2.33. The molecule has 6 nitrogen and oxygen atoms in total. The molecular formula is C18H21N5O. The van der Waals surface area contributed by atoms with Gasteiger partial charge >= 0.3 is 0 Å². The molecule has 0 aliphatic heterocycles. The molecule has 124 valence electrons. The Balaban J connectivity index is 1.79. The maximum absolute atomic E-state index is 11.9. The van der Waals surface area contributed by atoms with E-state index in [-0.39, 0.29) is 5.91 Å². The molecule has 0 saturated heterocycles. The van der Waals surface area contributed by atoms with Crippen molar-refractivity contribution in [3.63, 3.8) is 0 Å². The highest BCUT2D eigenvalue weighted by molar-refractivity contribution is 5.90. The van der Waals surface area contributed by atoms with Gasteiger partial charge in [-0.25, -0.2) is 0 Å². The lowest BCUT2D eigenvalue weighted by molar-refractivity contribution is -0.116. The first-order valence-corrected chi connectivity index (χ1v) is 7.96. The van der Waals surface area contributed by atoms with Gasteiger partial charge in [0.25, 0.3) is 0 Å². The number of hydrogen-bond acceptors (Lipinski definition) is 3. The van der Waals surface area contributed by atoms with Crippen LogP contribution in [0, 0.1) is 0 Å². The van der Waals surface area contributed by atoms with E-state index in [4.69, 9.17) is 11.3 Å². The van der Waals surface area contributed by atoms with Crippen LogP contribution >= 0.6 is 0 Å². The van der Waals surface area contributed by atoms with Crippen molar-refractivity contribution in [1.29, 1.82) is 0 Å². The van der Waals surface area contributed by atoms with Crippen LogP contribution in [0.4, 0.5) is 11.4 Å². The van der Waals surface area contributed by atoms with Gasteiger partial charge < -0.3 is 11.1 Å². The molecule has 6 heteroatoms. The van der Waals surface area contributed by atoms with Crippen molar-refractivity contribution in [1.82, 2.24) is 0 Å². The first kappa shape index (κ1) is 17.4. The van der Waals surface area contributed by atoms with Crippen LogP contribution in [0.3, 0.4) is 0 Å². The molecule has 0 spiro atoms. The summed E-state index contributed by atoms with van der Waals surface area (Å²) >= 11 is 0. The maximum Gasteiger partial charge on any atom is 0.224 e. The molecule has 0 atom stereocenters. The van der Waals surface area contributed by atoms with Gasteiger partial charge in [-0.3, -0.25) is 4.79 Å². The SMILES string of the molecule is [N-]=[N+]=NCCCCCC(=O)Nc1ccc(-c2ccc(N)cc2)cc1. The molecule has 2 aromatic rings. The number of anilines is 2. The molecule has 0 saturated carbocycles. The molecule has 1 amide bonds. The number of benzene rings is 2. The van der Waals surface area contributed by atoms with Crippen LogP contribution in [0.1, 0.15) is 25.7 Å². The third kappa shape index (κ3) is 5.66. The Morgan fingerprint density at radius 2 is 1.62 bits per heavy atom. The maximum atomic E-state index is 11.9. The van der Waals surface area contributed by atoms with Gasteiger partial charge in [0.2, 0.25) is 5.91 Å². The van der Waals surface area contributed by atoms with Gasteiger partial charge in [0.05, 0.1) is 0 Å². The molecule has 2 aromatic carbocycles. The van der Waals surface area contributed by atoms with Crippen LogP contribution in [0.15, 0.2) is 53.6 Å². The lowest BCUT2D eigenvalue weighted by Gasteiger charge is -2.07. The van der Waals surface area contributed by atoms with E-state index in [0.717, 1.165) is 41.8 Å². The van der Waals surface area contributed by atoms with Crippen molar-refractivity contribution in [3.05, 3.63) is 59.0 Å². The minimum atomic E-state index is -0.000908. The predicted molar refractivity (Wildman–Crippen MR) is 97.4 cm³/mol. The van der Waals surface area contributed by atoms with Gasteiger partial charge in [-0.1, -0.05) is 35.8 Å². The fraction of sp³-hybridized carbons (Fsp3) is 0.278. The van der Waals surface area contributed by atoms with E-state index in [1.54, 1.807) is 0 Å². The summed E-state index contributed by atoms with van der Waals surface area (Å²) in [6.07, 6.45) is 2.95. The van der Waals surface area contributed by atoms with E-state index in [2.05, 4.69) is 15.3 Å². The quantitative estimate of drug-likeness (QED) is 0.241.